The first-order valence-corrected chi connectivity index (χ1v) is 13.6. The van der Waals surface area contributed by atoms with E-state index in [0.29, 0.717) is 17.0 Å². The second kappa shape index (κ2) is 11.6. The highest BCUT2D eigenvalue weighted by atomic mass is 16.6. The van der Waals surface area contributed by atoms with Crippen molar-refractivity contribution in [1.82, 2.24) is 14.9 Å². The SMILES string of the molecule is COC(=O)[C@@H]1C[C@@](CC(C)C)(C(=O)OC(C)(C)C)N(C(=O)c2ccc(C(C)(C)C)c(OC)c2)[C@H]1c1cnccn1. The largest absolute Gasteiger partial charge is 0.496 e. The van der Waals surface area contributed by atoms with Crippen molar-refractivity contribution in [1.29, 1.82) is 0 Å². The van der Waals surface area contributed by atoms with Gasteiger partial charge in [0.25, 0.3) is 5.91 Å². The predicted molar refractivity (Wildman–Crippen MR) is 151 cm³/mol. The van der Waals surface area contributed by atoms with E-state index in [0.717, 1.165) is 5.56 Å². The number of methoxy groups -OCH3 is 2. The van der Waals surface area contributed by atoms with Crippen LogP contribution in [0.5, 0.6) is 5.75 Å². The fraction of sp³-hybridized carbons (Fsp3) is 0.581. The fourth-order valence-corrected chi connectivity index (χ4v) is 5.58. The van der Waals surface area contributed by atoms with Crippen molar-refractivity contribution < 1.29 is 28.6 Å². The van der Waals surface area contributed by atoms with Gasteiger partial charge in [-0.1, -0.05) is 40.7 Å². The summed E-state index contributed by atoms with van der Waals surface area (Å²) in [7, 11) is 2.86. The topological polar surface area (TPSA) is 108 Å². The minimum absolute atomic E-state index is 0.0143. The molecule has 0 N–H and O–H groups in total. The Labute approximate surface area is 237 Å². The normalized spacial score (nSPS) is 21.3. The van der Waals surface area contributed by atoms with Crippen molar-refractivity contribution in [3.8, 4) is 5.75 Å². The number of benzene rings is 1. The maximum absolute atomic E-state index is 14.6. The monoisotopic (exact) mass is 553 g/mol. The Morgan fingerprint density at radius 3 is 2.25 bits per heavy atom. The Hall–Kier alpha value is -3.49. The highest BCUT2D eigenvalue weighted by molar-refractivity contribution is 6.00. The van der Waals surface area contributed by atoms with Gasteiger partial charge >= 0.3 is 11.9 Å². The minimum Gasteiger partial charge on any atom is -0.496 e. The molecule has 0 aliphatic carbocycles. The van der Waals surface area contributed by atoms with Crippen LogP contribution < -0.4 is 4.74 Å². The van der Waals surface area contributed by atoms with Crippen LogP contribution in [0.4, 0.5) is 0 Å². The minimum atomic E-state index is -1.46. The Balaban J connectivity index is 2.33. The van der Waals surface area contributed by atoms with Crippen LogP contribution in [0.3, 0.4) is 0 Å². The Morgan fingerprint density at radius 2 is 1.75 bits per heavy atom. The molecule has 2 heterocycles. The first-order chi connectivity index (χ1) is 18.6. The summed E-state index contributed by atoms with van der Waals surface area (Å²) in [5, 5.41) is 0. The molecule has 9 heteroatoms. The van der Waals surface area contributed by atoms with Crippen LogP contribution in [0.25, 0.3) is 0 Å². The molecule has 0 radical (unpaired) electrons. The molecule has 2 aromatic rings. The molecule has 0 spiro atoms. The van der Waals surface area contributed by atoms with E-state index in [1.165, 1.54) is 30.6 Å². The lowest BCUT2D eigenvalue weighted by Gasteiger charge is -2.41. The lowest BCUT2D eigenvalue weighted by atomic mass is 9.83. The number of carbonyl (C=O) groups excluding carboxylic acids is 3. The maximum atomic E-state index is 14.6. The second-order valence-corrected chi connectivity index (χ2v) is 12.9. The number of esters is 2. The summed E-state index contributed by atoms with van der Waals surface area (Å²) in [6, 6.07) is 4.39. The van der Waals surface area contributed by atoms with Gasteiger partial charge in [0, 0.05) is 18.0 Å². The molecule has 3 rings (SSSR count). The lowest BCUT2D eigenvalue weighted by molar-refractivity contribution is -0.168. The van der Waals surface area contributed by atoms with Crippen LogP contribution in [0.1, 0.15) is 95.9 Å². The number of hydrogen-bond donors (Lipinski definition) is 0. The van der Waals surface area contributed by atoms with Gasteiger partial charge in [-0.25, -0.2) is 4.79 Å². The van der Waals surface area contributed by atoms with Crippen molar-refractivity contribution in [2.24, 2.45) is 11.8 Å². The van der Waals surface area contributed by atoms with Gasteiger partial charge in [-0.05, 0) is 62.6 Å². The van der Waals surface area contributed by atoms with Gasteiger partial charge in [0.05, 0.1) is 38.1 Å². The third kappa shape index (κ3) is 6.29. The number of likely N-dealkylation sites (tertiary alicyclic amines) is 1. The molecule has 40 heavy (non-hydrogen) atoms. The van der Waals surface area contributed by atoms with Gasteiger partial charge in [-0.15, -0.1) is 0 Å². The summed E-state index contributed by atoms with van der Waals surface area (Å²) >= 11 is 0. The summed E-state index contributed by atoms with van der Waals surface area (Å²) in [5.41, 5.74) is -0.864. The number of amides is 1. The number of hydrogen-bond acceptors (Lipinski definition) is 8. The zero-order valence-corrected chi connectivity index (χ0v) is 25.4. The van der Waals surface area contributed by atoms with Crippen LogP contribution in [0.15, 0.2) is 36.8 Å². The summed E-state index contributed by atoms with van der Waals surface area (Å²) in [4.78, 5) is 52.3. The third-order valence-corrected chi connectivity index (χ3v) is 7.07. The molecule has 0 unspecified atom stereocenters. The van der Waals surface area contributed by atoms with E-state index < -0.39 is 40.9 Å². The molecular weight excluding hydrogens is 510 g/mol. The summed E-state index contributed by atoms with van der Waals surface area (Å²) < 4.78 is 16.8. The first-order valence-electron chi connectivity index (χ1n) is 13.6. The van der Waals surface area contributed by atoms with Crippen LogP contribution in [0, 0.1) is 11.8 Å². The van der Waals surface area contributed by atoms with E-state index in [1.54, 1.807) is 40.0 Å². The number of nitrogens with zero attached hydrogens (tertiary/aromatic N) is 3. The van der Waals surface area contributed by atoms with Crippen molar-refractivity contribution in [3.63, 3.8) is 0 Å². The maximum Gasteiger partial charge on any atom is 0.332 e. The summed E-state index contributed by atoms with van der Waals surface area (Å²) in [6.45, 7) is 15.5. The van der Waals surface area contributed by atoms with Gasteiger partial charge in [0.1, 0.15) is 16.9 Å². The third-order valence-electron chi connectivity index (χ3n) is 7.07. The number of rotatable bonds is 7. The number of aromatic nitrogens is 2. The zero-order valence-electron chi connectivity index (χ0n) is 25.4. The van der Waals surface area contributed by atoms with Gasteiger partial charge in [-0.3, -0.25) is 19.6 Å². The molecule has 1 aliphatic rings. The average molecular weight is 554 g/mol. The fourth-order valence-electron chi connectivity index (χ4n) is 5.58. The molecule has 1 aliphatic heterocycles. The van der Waals surface area contributed by atoms with E-state index in [4.69, 9.17) is 14.2 Å². The highest BCUT2D eigenvalue weighted by Gasteiger charge is 2.62. The molecule has 1 amide bonds. The van der Waals surface area contributed by atoms with E-state index in [-0.39, 0.29) is 24.2 Å². The van der Waals surface area contributed by atoms with E-state index in [2.05, 4.69) is 30.7 Å². The van der Waals surface area contributed by atoms with Crippen LogP contribution >= 0.6 is 0 Å². The van der Waals surface area contributed by atoms with Crippen molar-refractivity contribution in [3.05, 3.63) is 53.6 Å². The smallest absolute Gasteiger partial charge is 0.332 e. The molecule has 0 bridgehead atoms. The van der Waals surface area contributed by atoms with E-state index in [1.807, 2.05) is 19.9 Å². The molecule has 1 aromatic carbocycles. The number of ether oxygens (including phenoxy) is 3. The predicted octanol–water partition coefficient (Wildman–Crippen LogP) is 5.29. The molecule has 1 aromatic heterocycles. The van der Waals surface area contributed by atoms with Crippen molar-refractivity contribution in [2.45, 2.75) is 90.8 Å². The lowest BCUT2D eigenvalue weighted by Crippen LogP contribution is -2.56. The summed E-state index contributed by atoms with van der Waals surface area (Å²) in [6.07, 6.45) is 4.84. The van der Waals surface area contributed by atoms with E-state index in [9.17, 15) is 14.4 Å². The quantitative estimate of drug-likeness (QED) is 0.426. The van der Waals surface area contributed by atoms with Crippen molar-refractivity contribution in [2.75, 3.05) is 14.2 Å². The zero-order chi connectivity index (χ0) is 30.0. The second-order valence-electron chi connectivity index (χ2n) is 12.9. The van der Waals surface area contributed by atoms with Gasteiger partial charge in [0.2, 0.25) is 0 Å². The van der Waals surface area contributed by atoms with Crippen molar-refractivity contribution >= 4 is 17.8 Å². The van der Waals surface area contributed by atoms with Crippen LogP contribution in [0.2, 0.25) is 0 Å². The Morgan fingerprint density at radius 1 is 1.07 bits per heavy atom. The molecule has 1 saturated heterocycles. The Kier molecular flexibility index (Phi) is 8.96. The van der Waals surface area contributed by atoms with E-state index >= 15 is 0 Å². The number of carbonyl (C=O) groups is 3. The molecule has 9 nitrogen and oxygen atoms in total. The van der Waals surface area contributed by atoms with Gasteiger partial charge in [-0.2, -0.15) is 0 Å². The van der Waals surface area contributed by atoms with Gasteiger partial charge < -0.3 is 19.1 Å². The first kappa shape index (κ1) is 31.0. The molecular formula is C31H43N3O6. The summed E-state index contributed by atoms with van der Waals surface area (Å²) in [5.74, 6) is -1.87. The average Bonchev–Trinajstić information content (AvgIpc) is 3.21. The standard InChI is InChI=1S/C31H43N3O6/c1-19(2)16-31(28(37)40-30(6,7)8)17-21(27(36)39-10)25(23-18-32-13-14-33-23)34(31)26(35)20-11-12-22(29(3,4)5)24(15-20)38-9/h11-15,18-19,21,25H,16-17H2,1-10H3/t21-,25-,31+/m1/s1. The molecule has 0 saturated carbocycles. The van der Waals surface area contributed by atoms with Crippen LogP contribution in [-0.2, 0) is 24.5 Å². The molecule has 218 valence electrons. The molecule has 1 fully saturated rings. The molecule has 3 atom stereocenters. The van der Waals surface area contributed by atoms with Gasteiger partial charge in [0.15, 0.2) is 0 Å². The van der Waals surface area contributed by atoms with Crippen LogP contribution in [-0.4, -0.2) is 58.1 Å². The highest BCUT2D eigenvalue weighted by Crippen LogP contribution is 2.51. The Bertz CT molecular complexity index is 1230.